The van der Waals surface area contributed by atoms with E-state index in [2.05, 4.69) is 34.4 Å². The average molecular weight is 525 g/mol. The van der Waals surface area contributed by atoms with E-state index in [-0.39, 0.29) is 24.0 Å². The molecule has 0 aromatic rings. The van der Waals surface area contributed by atoms with Crippen LogP contribution in [0.3, 0.4) is 0 Å². The molecular formula is C22H45IN4O2. The van der Waals surface area contributed by atoms with Crippen molar-refractivity contribution in [3.8, 4) is 0 Å². The van der Waals surface area contributed by atoms with Crippen LogP contribution in [0.25, 0.3) is 0 Å². The Bertz CT molecular complexity index is 425. The molecule has 7 heteroatoms. The molecule has 1 saturated heterocycles. The van der Waals surface area contributed by atoms with Crippen LogP contribution in [0.15, 0.2) is 4.99 Å². The van der Waals surface area contributed by atoms with Crippen molar-refractivity contribution in [2.24, 2.45) is 10.9 Å². The van der Waals surface area contributed by atoms with Crippen molar-refractivity contribution >= 4 is 29.9 Å². The first kappa shape index (κ1) is 26.9. The lowest BCUT2D eigenvalue weighted by Gasteiger charge is -2.37. The quantitative estimate of drug-likeness (QED) is 0.187. The van der Waals surface area contributed by atoms with Crippen LogP contribution in [0.1, 0.15) is 65.2 Å². The van der Waals surface area contributed by atoms with Gasteiger partial charge in [-0.1, -0.05) is 33.1 Å². The number of hydrogen-bond acceptors (Lipinski definition) is 4. The Morgan fingerprint density at radius 3 is 2.45 bits per heavy atom. The highest BCUT2D eigenvalue weighted by Crippen LogP contribution is 2.20. The largest absolute Gasteiger partial charge is 0.379 e. The second kappa shape index (κ2) is 16.6. The molecule has 1 saturated carbocycles. The fraction of sp³-hybridized carbons (Fsp3) is 0.955. The van der Waals surface area contributed by atoms with Crippen LogP contribution < -0.4 is 10.6 Å². The van der Waals surface area contributed by atoms with Gasteiger partial charge in [-0.2, -0.15) is 0 Å². The number of guanidine groups is 1. The lowest BCUT2D eigenvalue weighted by molar-refractivity contribution is 0.00752. The molecule has 1 aliphatic carbocycles. The van der Waals surface area contributed by atoms with Gasteiger partial charge in [-0.3, -0.25) is 9.89 Å². The van der Waals surface area contributed by atoms with Crippen molar-refractivity contribution in [3.63, 3.8) is 0 Å². The predicted octanol–water partition coefficient (Wildman–Crippen LogP) is 3.65. The smallest absolute Gasteiger partial charge is 0.191 e. The van der Waals surface area contributed by atoms with E-state index < -0.39 is 0 Å². The van der Waals surface area contributed by atoms with E-state index in [9.17, 15) is 0 Å². The van der Waals surface area contributed by atoms with E-state index in [1.54, 1.807) is 0 Å². The second-order valence-electron chi connectivity index (χ2n) is 8.53. The number of ether oxygens (including phenoxy) is 2. The maximum atomic E-state index is 6.01. The van der Waals surface area contributed by atoms with E-state index >= 15 is 0 Å². The molecule has 0 radical (unpaired) electrons. The Morgan fingerprint density at radius 1 is 1.07 bits per heavy atom. The molecule has 1 heterocycles. The number of unbranched alkanes of at least 4 members (excludes halogenated alkanes) is 2. The third kappa shape index (κ3) is 11.2. The van der Waals surface area contributed by atoms with E-state index in [0.717, 1.165) is 64.8 Å². The van der Waals surface area contributed by atoms with Gasteiger partial charge in [-0.05, 0) is 38.0 Å². The van der Waals surface area contributed by atoms with Crippen LogP contribution in [0.5, 0.6) is 0 Å². The van der Waals surface area contributed by atoms with Crippen LogP contribution in [0.2, 0.25) is 0 Å². The van der Waals surface area contributed by atoms with Crippen LogP contribution in [-0.2, 0) is 9.47 Å². The zero-order valence-electron chi connectivity index (χ0n) is 19.0. The number of halogens is 1. The summed E-state index contributed by atoms with van der Waals surface area (Å²) >= 11 is 0. The van der Waals surface area contributed by atoms with Crippen LogP contribution in [0.4, 0.5) is 0 Å². The normalized spacial score (nSPS) is 20.3. The zero-order chi connectivity index (χ0) is 20.0. The first-order chi connectivity index (χ1) is 13.7. The molecule has 0 bridgehead atoms. The van der Waals surface area contributed by atoms with Gasteiger partial charge in [0.15, 0.2) is 5.96 Å². The molecule has 0 aromatic heterocycles. The molecule has 6 nitrogen and oxygen atoms in total. The lowest BCUT2D eigenvalue weighted by atomic mass is 9.98. The van der Waals surface area contributed by atoms with Gasteiger partial charge in [0.05, 0.1) is 19.3 Å². The zero-order valence-corrected chi connectivity index (χ0v) is 21.3. The highest BCUT2D eigenvalue weighted by Gasteiger charge is 2.23. The molecular weight excluding hydrogens is 479 g/mol. The molecule has 0 amide bonds. The minimum atomic E-state index is 0. The monoisotopic (exact) mass is 524 g/mol. The topological polar surface area (TPSA) is 58.1 Å². The molecule has 2 aliphatic rings. The van der Waals surface area contributed by atoms with Crippen molar-refractivity contribution < 1.29 is 9.47 Å². The second-order valence-corrected chi connectivity index (χ2v) is 8.53. The number of aliphatic imine (C=N–C) groups is 1. The Labute approximate surface area is 196 Å². The van der Waals surface area contributed by atoms with Crippen molar-refractivity contribution in [1.82, 2.24) is 15.5 Å². The summed E-state index contributed by atoms with van der Waals surface area (Å²) in [6.07, 6.45) is 10.7. The fourth-order valence-electron chi connectivity index (χ4n) is 4.21. The predicted molar refractivity (Wildman–Crippen MR) is 132 cm³/mol. The third-order valence-corrected chi connectivity index (χ3v) is 6.01. The number of rotatable bonds is 11. The van der Waals surface area contributed by atoms with Gasteiger partial charge in [-0.15, -0.1) is 24.0 Å². The maximum Gasteiger partial charge on any atom is 0.191 e. The number of hydrogen-bond donors (Lipinski definition) is 2. The summed E-state index contributed by atoms with van der Waals surface area (Å²) in [6.45, 7) is 11.2. The number of nitrogens with zero attached hydrogens (tertiary/aromatic N) is 2. The molecule has 2 N–H and O–H groups in total. The molecule has 2 fully saturated rings. The first-order valence-electron chi connectivity index (χ1n) is 11.6. The van der Waals surface area contributed by atoms with Gasteiger partial charge >= 0.3 is 0 Å². The number of morpholine rings is 1. The summed E-state index contributed by atoms with van der Waals surface area (Å²) in [5.41, 5.74) is 0. The maximum absolute atomic E-state index is 6.01. The highest BCUT2D eigenvalue weighted by atomic mass is 127. The molecule has 172 valence electrons. The first-order valence-corrected chi connectivity index (χ1v) is 11.6. The van der Waals surface area contributed by atoms with Gasteiger partial charge < -0.3 is 20.1 Å². The van der Waals surface area contributed by atoms with Crippen molar-refractivity contribution in [3.05, 3.63) is 0 Å². The van der Waals surface area contributed by atoms with Crippen LogP contribution in [0, 0.1) is 5.92 Å². The molecule has 1 aliphatic heterocycles. The summed E-state index contributed by atoms with van der Waals surface area (Å²) in [6, 6.07) is 0.513. The summed E-state index contributed by atoms with van der Waals surface area (Å²) in [4.78, 5) is 6.93. The van der Waals surface area contributed by atoms with Gasteiger partial charge in [0.2, 0.25) is 0 Å². The summed E-state index contributed by atoms with van der Waals surface area (Å²) in [7, 11) is 1.85. The molecule has 0 aromatic carbocycles. The Balaban J connectivity index is 0.00000420. The molecule has 29 heavy (non-hydrogen) atoms. The van der Waals surface area contributed by atoms with Crippen molar-refractivity contribution in [2.75, 3.05) is 53.0 Å². The summed E-state index contributed by atoms with van der Waals surface area (Å²) < 4.78 is 11.5. The lowest BCUT2D eigenvalue weighted by Crippen LogP contribution is -2.52. The van der Waals surface area contributed by atoms with Gasteiger partial charge in [-0.25, -0.2) is 0 Å². The Kier molecular flexibility index (Phi) is 15.4. The standard InChI is InChI=1S/C22H44N4O2.HI/c1-19(2)21(26-13-16-27-17-14-26)18-25-22(23-3)24-12-8-5-9-15-28-20-10-6-4-7-11-20;/h19-21H,4-18H2,1-3H3,(H2,23,24,25);1H. The molecule has 1 unspecified atom stereocenters. The molecule has 2 rings (SSSR count). The van der Waals surface area contributed by atoms with Gasteiger partial charge in [0.1, 0.15) is 0 Å². The Hall–Kier alpha value is -0.120. The minimum Gasteiger partial charge on any atom is -0.379 e. The number of nitrogens with one attached hydrogen (secondary N) is 2. The average Bonchev–Trinajstić information content (AvgIpc) is 2.73. The SMILES string of the molecule is CN=C(NCCCCCOC1CCCCC1)NCC(C(C)C)N1CCOCC1.I. The Morgan fingerprint density at radius 2 is 1.79 bits per heavy atom. The fourth-order valence-corrected chi connectivity index (χ4v) is 4.21. The molecule has 0 spiro atoms. The highest BCUT2D eigenvalue weighted by molar-refractivity contribution is 14.0. The van der Waals surface area contributed by atoms with E-state index in [0.29, 0.717) is 18.1 Å². The summed E-state index contributed by atoms with van der Waals surface area (Å²) in [5, 5.41) is 6.99. The van der Waals surface area contributed by atoms with Gasteiger partial charge in [0.25, 0.3) is 0 Å². The minimum absolute atomic E-state index is 0. The van der Waals surface area contributed by atoms with Crippen LogP contribution in [-0.4, -0.2) is 76.1 Å². The third-order valence-electron chi connectivity index (χ3n) is 6.01. The summed E-state index contributed by atoms with van der Waals surface area (Å²) in [5.74, 6) is 1.52. The van der Waals surface area contributed by atoms with Crippen LogP contribution >= 0.6 is 24.0 Å². The van der Waals surface area contributed by atoms with E-state index in [4.69, 9.17) is 9.47 Å². The van der Waals surface area contributed by atoms with E-state index in [1.807, 2.05) is 7.05 Å². The van der Waals surface area contributed by atoms with Gasteiger partial charge in [0, 0.05) is 45.9 Å². The van der Waals surface area contributed by atoms with E-state index in [1.165, 1.54) is 38.5 Å². The van der Waals surface area contributed by atoms with Crippen molar-refractivity contribution in [1.29, 1.82) is 0 Å². The molecule has 1 atom stereocenters. The van der Waals surface area contributed by atoms with Crippen molar-refractivity contribution in [2.45, 2.75) is 77.4 Å².